The minimum absolute atomic E-state index is 0.0221. The second-order valence-electron chi connectivity index (χ2n) is 5.45. The number of nitro benzene ring substituents is 1. The minimum Gasteiger partial charge on any atom is -0.507 e. The van der Waals surface area contributed by atoms with Crippen molar-refractivity contribution in [3.63, 3.8) is 0 Å². The van der Waals surface area contributed by atoms with Crippen molar-refractivity contribution in [3.8, 4) is 17.1 Å². The lowest BCUT2D eigenvalue weighted by Gasteiger charge is -2.07. The number of aromatic hydroxyl groups is 1. The third-order valence-corrected chi connectivity index (χ3v) is 3.50. The molecule has 3 aromatic rings. The number of nitro groups is 1. The van der Waals surface area contributed by atoms with Crippen LogP contribution in [0.5, 0.6) is 5.75 Å². The molecular formula is C18H15N5O3. The lowest BCUT2D eigenvalue weighted by Crippen LogP contribution is -1.99. The molecule has 0 atom stereocenters. The molecule has 130 valence electrons. The minimum atomic E-state index is -0.455. The summed E-state index contributed by atoms with van der Waals surface area (Å²) in [7, 11) is 0. The van der Waals surface area contributed by atoms with Crippen molar-refractivity contribution in [1.82, 2.24) is 9.97 Å². The van der Waals surface area contributed by atoms with Gasteiger partial charge in [0.1, 0.15) is 5.75 Å². The number of hydrazone groups is 1. The Labute approximate surface area is 149 Å². The van der Waals surface area contributed by atoms with Crippen molar-refractivity contribution in [3.05, 3.63) is 76.0 Å². The van der Waals surface area contributed by atoms with Crippen LogP contribution in [0, 0.1) is 17.0 Å². The lowest BCUT2D eigenvalue weighted by molar-refractivity contribution is -0.384. The molecule has 1 aromatic heterocycles. The summed E-state index contributed by atoms with van der Waals surface area (Å²) in [5, 5.41) is 24.7. The molecule has 0 aliphatic rings. The summed E-state index contributed by atoms with van der Waals surface area (Å²) in [6.45, 7) is 1.82. The highest BCUT2D eigenvalue weighted by atomic mass is 16.6. The van der Waals surface area contributed by atoms with E-state index in [9.17, 15) is 15.2 Å². The number of phenolic OH excluding ortho intramolecular Hbond substituents is 1. The molecule has 0 saturated carbocycles. The van der Waals surface area contributed by atoms with Crippen LogP contribution in [0.2, 0.25) is 0 Å². The number of anilines is 1. The molecule has 0 saturated heterocycles. The number of benzene rings is 2. The van der Waals surface area contributed by atoms with Gasteiger partial charge in [0.05, 0.1) is 16.7 Å². The van der Waals surface area contributed by atoms with E-state index < -0.39 is 4.92 Å². The largest absolute Gasteiger partial charge is 0.507 e. The van der Waals surface area contributed by atoms with Crippen LogP contribution in [0.3, 0.4) is 0 Å². The van der Waals surface area contributed by atoms with Gasteiger partial charge in [0.2, 0.25) is 0 Å². The highest BCUT2D eigenvalue weighted by Crippen LogP contribution is 2.26. The van der Waals surface area contributed by atoms with Crippen molar-refractivity contribution in [2.24, 2.45) is 5.10 Å². The van der Waals surface area contributed by atoms with Crippen molar-refractivity contribution >= 4 is 17.7 Å². The van der Waals surface area contributed by atoms with Gasteiger partial charge in [-0.05, 0) is 36.8 Å². The molecule has 2 N–H and O–H groups in total. The smallest absolute Gasteiger partial charge is 0.269 e. The molecule has 8 heteroatoms. The van der Waals surface area contributed by atoms with Crippen LogP contribution in [-0.2, 0) is 0 Å². The Bertz CT molecular complexity index is 971. The molecule has 8 nitrogen and oxygen atoms in total. The quantitative estimate of drug-likeness (QED) is 0.414. The molecule has 0 fully saturated rings. The summed E-state index contributed by atoms with van der Waals surface area (Å²) in [5.74, 6) is 0.948. The van der Waals surface area contributed by atoms with Gasteiger partial charge in [0, 0.05) is 23.9 Å². The molecule has 1 heterocycles. The van der Waals surface area contributed by atoms with Crippen LogP contribution in [0.1, 0.15) is 11.3 Å². The first kappa shape index (κ1) is 17.0. The summed E-state index contributed by atoms with van der Waals surface area (Å²) >= 11 is 0. The Balaban J connectivity index is 1.78. The summed E-state index contributed by atoms with van der Waals surface area (Å²) in [4.78, 5) is 18.9. The molecule has 26 heavy (non-hydrogen) atoms. The zero-order chi connectivity index (χ0) is 18.5. The summed E-state index contributed by atoms with van der Waals surface area (Å²) in [6.07, 6.45) is 1.53. The van der Waals surface area contributed by atoms with Crippen LogP contribution in [0.15, 0.2) is 59.7 Å². The Hall–Kier alpha value is -3.81. The summed E-state index contributed by atoms with van der Waals surface area (Å²) in [6, 6.07) is 14.6. The molecule has 0 unspecified atom stereocenters. The molecule has 0 spiro atoms. The number of nitrogens with one attached hydrogen (secondary N) is 1. The monoisotopic (exact) mass is 349 g/mol. The standard InChI is InChI=1S/C18H15N5O3/c1-12-10-17(21-18(20-12)15-4-2-3-5-16(15)24)22-19-11-13-6-8-14(9-7-13)23(25)26/h2-11,24H,1H3,(H,20,21,22). The van der Waals surface area contributed by atoms with Crippen LogP contribution >= 0.6 is 0 Å². The first-order valence-electron chi connectivity index (χ1n) is 7.70. The van der Waals surface area contributed by atoms with Gasteiger partial charge < -0.3 is 5.11 Å². The zero-order valence-corrected chi connectivity index (χ0v) is 13.8. The van der Waals surface area contributed by atoms with Gasteiger partial charge in [-0.3, -0.25) is 15.5 Å². The second-order valence-corrected chi connectivity index (χ2v) is 5.45. The Morgan fingerprint density at radius 1 is 1.15 bits per heavy atom. The normalized spacial score (nSPS) is 10.8. The molecule has 0 radical (unpaired) electrons. The number of hydrogen-bond acceptors (Lipinski definition) is 7. The molecule has 0 bridgehead atoms. The first-order chi connectivity index (χ1) is 12.5. The van der Waals surface area contributed by atoms with E-state index in [1.54, 1.807) is 42.5 Å². The number of non-ortho nitro benzene ring substituents is 1. The molecular weight excluding hydrogens is 334 g/mol. The number of para-hydroxylation sites is 1. The number of aromatic nitrogens is 2. The van der Waals surface area contributed by atoms with Crippen molar-refractivity contribution in [1.29, 1.82) is 0 Å². The van der Waals surface area contributed by atoms with Gasteiger partial charge in [-0.2, -0.15) is 5.10 Å². The van der Waals surface area contributed by atoms with E-state index in [1.807, 2.05) is 6.92 Å². The fraction of sp³-hybridized carbons (Fsp3) is 0.0556. The van der Waals surface area contributed by atoms with Gasteiger partial charge in [-0.15, -0.1) is 0 Å². The summed E-state index contributed by atoms with van der Waals surface area (Å²) in [5.41, 5.74) is 4.77. The van der Waals surface area contributed by atoms with Crippen LogP contribution < -0.4 is 5.43 Å². The Kier molecular flexibility index (Phi) is 4.84. The maximum absolute atomic E-state index is 10.6. The molecule has 0 amide bonds. The van der Waals surface area contributed by atoms with E-state index in [2.05, 4.69) is 20.5 Å². The Morgan fingerprint density at radius 3 is 2.58 bits per heavy atom. The van der Waals surface area contributed by atoms with Gasteiger partial charge in [-0.1, -0.05) is 12.1 Å². The number of nitrogens with zero attached hydrogens (tertiary/aromatic N) is 4. The third kappa shape index (κ3) is 3.99. The molecule has 2 aromatic carbocycles. The van der Waals surface area contributed by atoms with E-state index in [0.717, 1.165) is 0 Å². The van der Waals surface area contributed by atoms with E-state index in [4.69, 9.17) is 0 Å². The summed E-state index contributed by atoms with van der Waals surface area (Å²) < 4.78 is 0. The first-order valence-corrected chi connectivity index (χ1v) is 7.70. The van der Waals surface area contributed by atoms with Crippen LogP contribution in [0.4, 0.5) is 11.5 Å². The van der Waals surface area contributed by atoms with Gasteiger partial charge >= 0.3 is 0 Å². The van der Waals surface area contributed by atoms with Crippen LogP contribution in [-0.4, -0.2) is 26.2 Å². The number of rotatable bonds is 5. The molecule has 0 aliphatic heterocycles. The predicted molar refractivity (Wildman–Crippen MR) is 98.2 cm³/mol. The second kappa shape index (κ2) is 7.39. The fourth-order valence-corrected chi connectivity index (χ4v) is 2.26. The molecule has 0 aliphatic carbocycles. The molecule has 3 rings (SSSR count). The predicted octanol–water partition coefficient (Wildman–Crippen LogP) is 3.51. The van der Waals surface area contributed by atoms with Gasteiger partial charge in [0.15, 0.2) is 11.6 Å². The average Bonchev–Trinajstić information content (AvgIpc) is 2.62. The van der Waals surface area contributed by atoms with Gasteiger partial charge in [0.25, 0.3) is 5.69 Å². The fourth-order valence-electron chi connectivity index (χ4n) is 2.26. The van der Waals surface area contributed by atoms with E-state index in [-0.39, 0.29) is 11.4 Å². The van der Waals surface area contributed by atoms with E-state index in [0.29, 0.717) is 28.5 Å². The number of hydrogen-bond donors (Lipinski definition) is 2. The maximum Gasteiger partial charge on any atom is 0.269 e. The highest BCUT2D eigenvalue weighted by molar-refractivity contribution is 5.80. The highest BCUT2D eigenvalue weighted by Gasteiger charge is 2.08. The zero-order valence-electron chi connectivity index (χ0n) is 13.8. The topological polar surface area (TPSA) is 114 Å². The average molecular weight is 349 g/mol. The van der Waals surface area contributed by atoms with E-state index >= 15 is 0 Å². The van der Waals surface area contributed by atoms with Gasteiger partial charge in [-0.25, -0.2) is 9.97 Å². The van der Waals surface area contributed by atoms with Crippen molar-refractivity contribution < 1.29 is 10.0 Å². The number of aryl methyl sites for hydroxylation is 1. The third-order valence-electron chi connectivity index (χ3n) is 3.50. The Morgan fingerprint density at radius 2 is 1.88 bits per heavy atom. The van der Waals surface area contributed by atoms with Crippen LogP contribution in [0.25, 0.3) is 11.4 Å². The van der Waals surface area contributed by atoms with Crippen molar-refractivity contribution in [2.75, 3.05) is 5.43 Å². The lowest BCUT2D eigenvalue weighted by atomic mass is 10.2. The van der Waals surface area contributed by atoms with Crippen molar-refractivity contribution in [2.45, 2.75) is 6.92 Å². The van der Waals surface area contributed by atoms with E-state index in [1.165, 1.54) is 18.3 Å². The number of phenols is 1. The SMILES string of the molecule is Cc1cc(NN=Cc2ccc([N+](=O)[O-])cc2)nc(-c2ccccc2O)n1. The maximum atomic E-state index is 10.6.